The SMILES string of the molecule is CSc1ccc(/C=N\NC(=O)CN(Cc2ccc(Cl)cc2)S(=O)(=O)c2ccc(Cl)cc2)cc1. The number of halogens is 2. The molecule has 0 saturated carbocycles. The van der Waals surface area contributed by atoms with E-state index >= 15 is 0 Å². The molecule has 0 unspecified atom stereocenters. The van der Waals surface area contributed by atoms with Gasteiger partial charge in [-0.05, 0) is 65.9 Å². The van der Waals surface area contributed by atoms with Gasteiger partial charge in [0.1, 0.15) is 0 Å². The first kappa shape index (κ1) is 25.3. The van der Waals surface area contributed by atoms with Gasteiger partial charge < -0.3 is 0 Å². The van der Waals surface area contributed by atoms with Crippen LogP contribution in [0.3, 0.4) is 0 Å². The van der Waals surface area contributed by atoms with Gasteiger partial charge in [-0.15, -0.1) is 11.8 Å². The Bertz CT molecular complexity index is 1220. The van der Waals surface area contributed by atoms with Crippen LogP contribution < -0.4 is 5.43 Å². The number of thioether (sulfide) groups is 1. The van der Waals surface area contributed by atoms with E-state index in [1.807, 2.05) is 30.5 Å². The van der Waals surface area contributed by atoms with Gasteiger partial charge >= 0.3 is 0 Å². The van der Waals surface area contributed by atoms with Gasteiger partial charge in [0, 0.05) is 21.5 Å². The highest BCUT2D eigenvalue weighted by Gasteiger charge is 2.27. The van der Waals surface area contributed by atoms with E-state index in [9.17, 15) is 13.2 Å². The number of hydrazone groups is 1. The minimum atomic E-state index is -3.98. The Morgan fingerprint density at radius 3 is 2.12 bits per heavy atom. The molecule has 0 aromatic heterocycles. The van der Waals surface area contributed by atoms with Gasteiger partial charge in [0.25, 0.3) is 5.91 Å². The van der Waals surface area contributed by atoms with Crippen LogP contribution >= 0.6 is 35.0 Å². The average Bonchev–Trinajstić information content (AvgIpc) is 2.81. The molecule has 0 aliphatic carbocycles. The second kappa shape index (κ2) is 11.7. The van der Waals surface area contributed by atoms with Crippen molar-refractivity contribution in [3.8, 4) is 0 Å². The fourth-order valence-electron chi connectivity index (χ4n) is 2.84. The van der Waals surface area contributed by atoms with Gasteiger partial charge in [-0.25, -0.2) is 13.8 Å². The molecule has 6 nitrogen and oxygen atoms in total. The summed E-state index contributed by atoms with van der Waals surface area (Å²) >= 11 is 13.4. The van der Waals surface area contributed by atoms with Crippen molar-refractivity contribution in [1.82, 2.24) is 9.73 Å². The summed E-state index contributed by atoms with van der Waals surface area (Å²) in [5.74, 6) is -0.571. The van der Waals surface area contributed by atoms with E-state index in [4.69, 9.17) is 23.2 Å². The van der Waals surface area contributed by atoms with Crippen LogP contribution in [0.4, 0.5) is 0 Å². The Kier molecular flexibility index (Phi) is 8.94. The van der Waals surface area contributed by atoms with Crippen LogP contribution in [0.1, 0.15) is 11.1 Å². The Morgan fingerprint density at radius 2 is 1.55 bits per heavy atom. The molecule has 0 spiro atoms. The molecular weight excluding hydrogens is 501 g/mol. The molecule has 10 heteroatoms. The molecule has 1 N–H and O–H groups in total. The molecular formula is C23H21Cl2N3O3S2. The highest BCUT2D eigenvalue weighted by Crippen LogP contribution is 2.21. The van der Waals surface area contributed by atoms with Crippen LogP contribution in [0.25, 0.3) is 0 Å². The number of hydrogen-bond acceptors (Lipinski definition) is 5. The molecule has 0 radical (unpaired) electrons. The fraction of sp³-hybridized carbons (Fsp3) is 0.130. The van der Waals surface area contributed by atoms with Crippen LogP contribution in [-0.4, -0.2) is 37.6 Å². The van der Waals surface area contributed by atoms with Gasteiger partial charge in [-0.1, -0.05) is 47.5 Å². The lowest BCUT2D eigenvalue weighted by molar-refractivity contribution is -0.121. The van der Waals surface area contributed by atoms with E-state index in [0.29, 0.717) is 15.6 Å². The Hall–Kier alpha value is -2.36. The van der Waals surface area contributed by atoms with Crippen molar-refractivity contribution in [3.05, 3.63) is 94.0 Å². The summed E-state index contributed by atoms with van der Waals surface area (Å²) in [7, 11) is -3.98. The number of rotatable bonds is 9. The molecule has 3 aromatic carbocycles. The zero-order valence-electron chi connectivity index (χ0n) is 17.6. The molecule has 0 aliphatic rings. The number of nitrogens with zero attached hydrogens (tertiary/aromatic N) is 2. The quantitative estimate of drug-likeness (QED) is 0.242. The lowest BCUT2D eigenvalue weighted by Crippen LogP contribution is -2.39. The number of amides is 1. The van der Waals surface area contributed by atoms with Crippen molar-refractivity contribution in [2.24, 2.45) is 5.10 Å². The molecule has 3 aromatic rings. The average molecular weight is 522 g/mol. The van der Waals surface area contributed by atoms with Crippen LogP contribution in [-0.2, 0) is 21.4 Å². The van der Waals surface area contributed by atoms with Crippen LogP contribution in [0, 0.1) is 0 Å². The van der Waals surface area contributed by atoms with Crippen molar-refractivity contribution in [2.75, 3.05) is 12.8 Å². The molecule has 172 valence electrons. The maximum absolute atomic E-state index is 13.2. The highest BCUT2D eigenvalue weighted by atomic mass is 35.5. The van der Waals surface area contributed by atoms with Gasteiger partial charge in [-0.3, -0.25) is 4.79 Å². The highest BCUT2D eigenvalue weighted by molar-refractivity contribution is 7.98. The van der Waals surface area contributed by atoms with Gasteiger partial charge in [0.2, 0.25) is 10.0 Å². The number of carbonyl (C=O) groups is 1. The first-order valence-corrected chi connectivity index (χ1v) is 13.2. The van der Waals surface area contributed by atoms with Crippen molar-refractivity contribution in [2.45, 2.75) is 16.3 Å². The Balaban J connectivity index is 1.76. The summed E-state index contributed by atoms with van der Waals surface area (Å²) in [6.07, 6.45) is 3.48. The number of benzene rings is 3. The van der Waals surface area contributed by atoms with Crippen LogP contribution in [0.2, 0.25) is 10.0 Å². The maximum Gasteiger partial charge on any atom is 0.255 e. The monoisotopic (exact) mass is 521 g/mol. The first-order chi connectivity index (χ1) is 15.8. The molecule has 0 bridgehead atoms. The summed E-state index contributed by atoms with van der Waals surface area (Å²) in [5, 5.41) is 4.89. The largest absolute Gasteiger partial charge is 0.272 e. The molecule has 0 heterocycles. The Labute approximate surface area is 207 Å². The molecule has 1 amide bonds. The zero-order chi connectivity index (χ0) is 23.8. The lowest BCUT2D eigenvalue weighted by atomic mass is 10.2. The van der Waals surface area contributed by atoms with Crippen molar-refractivity contribution < 1.29 is 13.2 Å². The van der Waals surface area contributed by atoms with Gasteiger partial charge in [-0.2, -0.15) is 9.41 Å². The van der Waals surface area contributed by atoms with Crippen molar-refractivity contribution in [1.29, 1.82) is 0 Å². The number of hydrogen-bond donors (Lipinski definition) is 1. The van der Waals surface area contributed by atoms with Gasteiger partial charge in [0.05, 0.1) is 17.7 Å². The zero-order valence-corrected chi connectivity index (χ0v) is 20.8. The van der Waals surface area contributed by atoms with E-state index in [2.05, 4.69) is 10.5 Å². The minimum Gasteiger partial charge on any atom is -0.272 e. The fourth-order valence-corrected chi connectivity index (χ4v) is 4.88. The van der Waals surface area contributed by atoms with Crippen molar-refractivity contribution in [3.63, 3.8) is 0 Å². The Morgan fingerprint density at radius 1 is 0.970 bits per heavy atom. The third kappa shape index (κ3) is 7.31. The molecule has 0 saturated heterocycles. The van der Waals surface area contributed by atoms with Gasteiger partial charge in [0.15, 0.2) is 0 Å². The third-order valence-corrected chi connectivity index (χ3v) is 7.62. The molecule has 0 atom stereocenters. The summed E-state index contributed by atoms with van der Waals surface area (Å²) in [6.45, 7) is -0.439. The smallest absolute Gasteiger partial charge is 0.255 e. The summed E-state index contributed by atoms with van der Waals surface area (Å²) in [4.78, 5) is 13.7. The number of nitrogens with one attached hydrogen (secondary N) is 1. The number of carbonyl (C=O) groups excluding carboxylic acids is 1. The predicted molar refractivity (Wildman–Crippen MR) is 134 cm³/mol. The van der Waals surface area contributed by atoms with Crippen molar-refractivity contribution >= 4 is 57.1 Å². The summed E-state index contributed by atoms with van der Waals surface area (Å²) in [5.41, 5.74) is 3.88. The minimum absolute atomic E-state index is 0.0184. The predicted octanol–water partition coefficient (Wildman–Crippen LogP) is 5.06. The third-order valence-electron chi connectivity index (χ3n) is 4.56. The normalized spacial score (nSPS) is 11.8. The lowest BCUT2D eigenvalue weighted by Gasteiger charge is -2.21. The topological polar surface area (TPSA) is 78.8 Å². The molecule has 33 heavy (non-hydrogen) atoms. The summed E-state index contributed by atoms with van der Waals surface area (Å²) in [6, 6.07) is 20.2. The van der Waals surface area contributed by atoms with E-state index in [0.717, 1.165) is 14.8 Å². The molecule has 3 rings (SSSR count). The van der Waals surface area contributed by atoms with Crippen LogP contribution in [0.15, 0.2) is 87.7 Å². The molecule has 0 aliphatic heterocycles. The van der Waals surface area contributed by atoms with E-state index < -0.39 is 22.5 Å². The van der Waals surface area contributed by atoms with E-state index in [-0.39, 0.29) is 11.4 Å². The van der Waals surface area contributed by atoms with E-state index in [1.54, 1.807) is 36.0 Å². The number of sulfonamides is 1. The molecule has 0 fully saturated rings. The van der Waals surface area contributed by atoms with Crippen LogP contribution in [0.5, 0.6) is 0 Å². The summed E-state index contributed by atoms with van der Waals surface area (Å²) < 4.78 is 27.6. The second-order valence-electron chi connectivity index (χ2n) is 6.92. The maximum atomic E-state index is 13.2. The van der Waals surface area contributed by atoms with E-state index in [1.165, 1.54) is 30.5 Å². The standard InChI is InChI=1S/C23H21Cl2N3O3S2/c1-32-21-10-4-17(5-11-21)14-26-27-23(29)16-28(15-18-2-6-19(24)7-3-18)33(30,31)22-12-8-20(25)9-13-22/h2-14H,15-16H2,1H3,(H,27,29)/b26-14-. The first-order valence-electron chi connectivity index (χ1n) is 9.74. The second-order valence-corrected chi connectivity index (χ2v) is 10.6.